The Morgan fingerprint density at radius 3 is 2.43 bits per heavy atom. The Balaban J connectivity index is 2.12. The molecule has 6 nitrogen and oxygen atoms in total. The molecule has 0 aliphatic heterocycles. The minimum Gasteiger partial charge on any atom is -0.324 e. The van der Waals surface area contributed by atoms with Crippen molar-refractivity contribution >= 4 is 17.4 Å². The number of anilines is 1. The highest BCUT2D eigenvalue weighted by molar-refractivity contribution is 5.96. The molecule has 108 valence electrons. The first-order valence-electron chi connectivity index (χ1n) is 6.45. The van der Waals surface area contributed by atoms with Crippen LogP contribution in [0.15, 0.2) is 47.4 Å². The molecule has 2 rings (SSSR count). The van der Waals surface area contributed by atoms with E-state index in [1.54, 1.807) is 31.2 Å². The molecular formula is C15H15N3O3. The second kappa shape index (κ2) is 6.13. The van der Waals surface area contributed by atoms with Crippen LogP contribution in [0.3, 0.4) is 0 Å². The molecule has 2 aromatic rings. The van der Waals surface area contributed by atoms with E-state index >= 15 is 0 Å². The fourth-order valence-corrected chi connectivity index (χ4v) is 1.81. The Labute approximate surface area is 121 Å². The van der Waals surface area contributed by atoms with Crippen LogP contribution in [-0.4, -0.2) is 21.5 Å². The lowest BCUT2D eigenvalue weighted by molar-refractivity contribution is -0.119. The molecule has 0 spiro atoms. The van der Waals surface area contributed by atoms with Gasteiger partial charge in [-0.05, 0) is 44.2 Å². The van der Waals surface area contributed by atoms with Gasteiger partial charge in [0.2, 0.25) is 5.91 Å². The van der Waals surface area contributed by atoms with Crippen molar-refractivity contribution in [2.24, 2.45) is 0 Å². The maximum Gasteiger partial charge on any atom is 0.267 e. The third-order valence-electron chi connectivity index (χ3n) is 3.05. The summed E-state index contributed by atoms with van der Waals surface area (Å²) >= 11 is 0. The number of carbonyl (C=O) groups is 2. The van der Waals surface area contributed by atoms with Crippen LogP contribution in [0.1, 0.15) is 30.2 Å². The summed E-state index contributed by atoms with van der Waals surface area (Å²) in [6, 6.07) is 8.68. The SMILES string of the molecule is CC(=O)c1ccc(NC(=O)C(C)n2ncccc2=O)cc1. The van der Waals surface area contributed by atoms with E-state index in [-0.39, 0.29) is 17.2 Å². The van der Waals surface area contributed by atoms with E-state index in [0.29, 0.717) is 11.3 Å². The number of nitrogens with zero attached hydrogens (tertiary/aromatic N) is 2. The number of hydrogen-bond donors (Lipinski definition) is 1. The molecule has 1 unspecified atom stereocenters. The molecule has 0 aliphatic carbocycles. The van der Waals surface area contributed by atoms with E-state index in [1.165, 1.54) is 25.3 Å². The molecule has 0 saturated heterocycles. The molecule has 0 radical (unpaired) electrons. The summed E-state index contributed by atoms with van der Waals surface area (Å²) in [6.45, 7) is 3.07. The fourth-order valence-electron chi connectivity index (χ4n) is 1.81. The van der Waals surface area contributed by atoms with Crippen LogP contribution in [0.2, 0.25) is 0 Å². The molecule has 1 N–H and O–H groups in total. The van der Waals surface area contributed by atoms with Gasteiger partial charge in [0.25, 0.3) is 5.56 Å². The average molecular weight is 285 g/mol. The lowest BCUT2D eigenvalue weighted by Gasteiger charge is -2.13. The number of ketones is 1. The van der Waals surface area contributed by atoms with Crippen LogP contribution in [0.25, 0.3) is 0 Å². The van der Waals surface area contributed by atoms with E-state index in [0.717, 1.165) is 4.68 Å². The Kier molecular flexibility index (Phi) is 4.27. The van der Waals surface area contributed by atoms with Gasteiger partial charge in [-0.3, -0.25) is 14.4 Å². The van der Waals surface area contributed by atoms with Crippen LogP contribution >= 0.6 is 0 Å². The molecule has 21 heavy (non-hydrogen) atoms. The maximum atomic E-state index is 12.1. The quantitative estimate of drug-likeness (QED) is 0.866. The first-order valence-corrected chi connectivity index (χ1v) is 6.45. The lowest BCUT2D eigenvalue weighted by atomic mass is 10.1. The molecule has 1 atom stereocenters. The van der Waals surface area contributed by atoms with Gasteiger partial charge in [0.1, 0.15) is 6.04 Å². The van der Waals surface area contributed by atoms with Crippen molar-refractivity contribution in [3.8, 4) is 0 Å². The minimum absolute atomic E-state index is 0.0405. The standard InChI is InChI=1S/C15H15N3O3/c1-10(18-14(20)4-3-9-16-18)15(21)17-13-7-5-12(6-8-13)11(2)19/h3-10H,1-2H3,(H,17,21). The summed E-state index contributed by atoms with van der Waals surface area (Å²) in [5, 5.41) is 6.56. The van der Waals surface area contributed by atoms with Crippen molar-refractivity contribution in [1.29, 1.82) is 0 Å². The predicted octanol–water partition coefficient (Wildman–Crippen LogP) is 1.65. The third-order valence-corrected chi connectivity index (χ3v) is 3.05. The predicted molar refractivity (Wildman–Crippen MR) is 78.3 cm³/mol. The van der Waals surface area contributed by atoms with Gasteiger partial charge in [-0.25, -0.2) is 4.68 Å². The van der Waals surface area contributed by atoms with Crippen molar-refractivity contribution in [2.45, 2.75) is 19.9 Å². The largest absolute Gasteiger partial charge is 0.324 e. The lowest BCUT2D eigenvalue weighted by Crippen LogP contribution is -2.32. The van der Waals surface area contributed by atoms with Gasteiger partial charge in [0.05, 0.1) is 0 Å². The molecule has 0 fully saturated rings. The van der Waals surface area contributed by atoms with E-state index in [1.807, 2.05) is 0 Å². The van der Waals surface area contributed by atoms with Gasteiger partial charge < -0.3 is 5.32 Å². The number of hydrogen-bond acceptors (Lipinski definition) is 4. The molecule has 1 heterocycles. The summed E-state index contributed by atoms with van der Waals surface area (Å²) in [5.41, 5.74) is 0.787. The molecule has 1 aromatic heterocycles. The number of Topliss-reactive ketones (excluding diaryl/α,β-unsaturated/α-hetero) is 1. The zero-order valence-corrected chi connectivity index (χ0v) is 11.7. The zero-order valence-electron chi connectivity index (χ0n) is 11.7. The van der Waals surface area contributed by atoms with Crippen molar-refractivity contribution in [3.05, 3.63) is 58.5 Å². The fraction of sp³-hybridized carbons (Fsp3) is 0.200. The van der Waals surface area contributed by atoms with Crippen LogP contribution in [-0.2, 0) is 4.79 Å². The Morgan fingerprint density at radius 1 is 1.19 bits per heavy atom. The van der Waals surface area contributed by atoms with Crippen molar-refractivity contribution in [3.63, 3.8) is 0 Å². The van der Waals surface area contributed by atoms with Gasteiger partial charge in [0, 0.05) is 23.5 Å². The van der Waals surface area contributed by atoms with Gasteiger partial charge in [0.15, 0.2) is 5.78 Å². The average Bonchev–Trinajstić information content (AvgIpc) is 2.47. The van der Waals surface area contributed by atoms with Gasteiger partial charge in [-0.1, -0.05) is 0 Å². The number of rotatable bonds is 4. The Bertz CT molecular complexity index is 719. The highest BCUT2D eigenvalue weighted by Gasteiger charge is 2.16. The van der Waals surface area contributed by atoms with E-state index in [2.05, 4.69) is 10.4 Å². The Hall–Kier alpha value is -2.76. The summed E-state index contributed by atoms with van der Waals surface area (Å²) in [7, 11) is 0. The molecule has 0 saturated carbocycles. The van der Waals surface area contributed by atoms with Crippen LogP contribution in [0, 0.1) is 0 Å². The number of aromatic nitrogens is 2. The summed E-state index contributed by atoms with van der Waals surface area (Å²) in [6.07, 6.45) is 1.45. The van der Waals surface area contributed by atoms with E-state index < -0.39 is 6.04 Å². The number of benzene rings is 1. The smallest absolute Gasteiger partial charge is 0.267 e. The van der Waals surface area contributed by atoms with Gasteiger partial charge in [-0.15, -0.1) is 0 Å². The monoisotopic (exact) mass is 285 g/mol. The molecule has 1 aromatic carbocycles. The molecule has 0 aliphatic rings. The maximum absolute atomic E-state index is 12.1. The van der Waals surface area contributed by atoms with Crippen molar-refractivity contribution in [1.82, 2.24) is 9.78 Å². The summed E-state index contributed by atoms with van der Waals surface area (Å²) < 4.78 is 1.11. The zero-order chi connectivity index (χ0) is 15.4. The molecule has 1 amide bonds. The van der Waals surface area contributed by atoms with Crippen LogP contribution in [0.4, 0.5) is 5.69 Å². The van der Waals surface area contributed by atoms with Gasteiger partial charge >= 0.3 is 0 Å². The van der Waals surface area contributed by atoms with Crippen LogP contribution < -0.4 is 10.9 Å². The van der Waals surface area contributed by atoms with Crippen LogP contribution in [0.5, 0.6) is 0 Å². The second-order valence-corrected chi connectivity index (χ2v) is 4.61. The molecule has 0 bridgehead atoms. The number of nitrogens with one attached hydrogen (secondary N) is 1. The van der Waals surface area contributed by atoms with Gasteiger partial charge in [-0.2, -0.15) is 5.10 Å². The normalized spacial score (nSPS) is 11.7. The van der Waals surface area contributed by atoms with Crippen molar-refractivity contribution < 1.29 is 9.59 Å². The number of amides is 1. The highest BCUT2D eigenvalue weighted by Crippen LogP contribution is 2.12. The second-order valence-electron chi connectivity index (χ2n) is 4.61. The van der Waals surface area contributed by atoms with Crippen molar-refractivity contribution in [2.75, 3.05) is 5.32 Å². The van der Waals surface area contributed by atoms with E-state index in [9.17, 15) is 14.4 Å². The molecular weight excluding hydrogens is 270 g/mol. The summed E-state index contributed by atoms with van der Waals surface area (Å²) in [4.78, 5) is 34.9. The number of carbonyl (C=O) groups excluding carboxylic acids is 2. The third kappa shape index (κ3) is 3.42. The topological polar surface area (TPSA) is 81.1 Å². The Morgan fingerprint density at radius 2 is 1.86 bits per heavy atom. The summed E-state index contributed by atoms with van der Waals surface area (Å²) in [5.74, 6) is -0.396. The highest BCUT2D eigenvalue weighted by atomic mass is 16.2. The first-order chi connectivity index (χ1) is 9.99. The molecule has 6 heteroatoms. The first kappa shape index (κ1) is 14.6. The van der Waals surface area contributed by atoms with E-state index in [4.69, 9.17) is 0 Å². The minimum atomic E-state index is -0.730.